The van der Waals surface area contributed by atoms with Gasteiger partial charge in [0, 0.05) is 17.6 Å². The summed E-state index contributed by atoms with van der Waals surface area (Å²) in [7, 11) is 0. The van der Waals surface area contributed by atoms with Crippen molar-refractivity contribution >= 4 is 34.3 Å². The normalized spacial score (nSPS) is 10.8. The molecule has 0 aliphatic carbocycles. The highest BCUT2D eigenvalue weighted by Crippen LogP contribution is 2.22. The van der Waals surface area contributed by atoms with Gasteiger partial charge in [-0.2, -0.15) is 0 Å². The molecular formula is C17H20N6OS. The molecule has 8 heteroatoms. The van der Waals surface area contributed by atoms with Gasteiger partial charge in [-0.15, -0.1) is 11.3 Å². The first-order valence-electron chi connectivity index (χ1n) is 8.27. The number of anilines is 1. The standard InChI is InChI=1S/C17H20N6OS/c1-3-4-5-8-18-17(24)23-14-7-6-12-15(22-14)21-13(9-19-12)16-20-11(2)10-25-16/h6-7,9-10H,3-5,8H2,1-2H3,(H2,18,21,22,23,24). The molecule has 0 saturated heterocycles. The number of urea groups is 1. The molecule has 0 spiro atoms. The molecule has 0 fully saturated rings. The van der Waals surface area contributed by atoms with Gasteiger partial charge in [0.05, 0.1) is 6.20 Å². The Balaban J connectivity index is 1.73. The molecule has 0 atom stereocenters. The molecule has 0 aliphatic rings. The third kappa shape index (κ3) is 4.48. The van der Waals surface area contributed by atoms with Crippen molar-refractivity contribution in [3.8, 4) is 10.7 Å². The number of hydrogen-bond acceptors (Lipinski definition) is 6. The van der Waals surface area contributed by atoms with Gasteiger partial charge in [-0.1, -0.05) is 19.8 Å². The molecule has 3 aromatic rings. The molecule has 7 nitrogen and oxygen atoms in total. The number of carbonyl (C=O) groups excluding carboxylic acids is 1. The van der Waals surface area contributed by atoms with Crippen molar-refractivity contribution < 1.29 is 4.79 Å². The van der Waals surface area contributed by atoms with E-state index in [1.807, 2.05) is 12.3 Å². The number of nitrogens with zero attached hydrogens (tertiary/aromatic N) is 4. The SMILES string of the molecule is CCCCCNC(=O)Nc1ccc2ncc(-c3nc(C)cs3)nc2n1. The summed E-state index contributed by atoms with van der Waals surface area (Å²) < 4.78 is 0. The Kier molecular flexibility index (Phi) is 5.49. The minimum atomic E-state index is -0.261. The van der Waals surface area contributed by atoms with Crippen LogP contribution in [-0.2, 0) is 0 Å². The predicted octanol–water partition coefficient (Wildman–Crippen LogP) is 3.77. The van der Waals surface area contributed by atoms with Crippen LogP contribution in [0.3, 0.4) is 0 Å². The summed E-state index contributed by atoms with van der Waals surface area (Å²) in [4.78, 5) is 29.6. The smallest absolute Gasteiger partial charge is 0.320 e. The summed E-state index contributed by atoms with van der Waals surface area (Å²) in [6, 6.07) is 3.25. The van der Waals surface area contributed by atoms with Gasteiger partial charge in [0.25, 0.3) is 0 Å². The Morgan fingerprint density at radius 3 is 2.84 bits per heavy atom. The highest BCUT2D eigenvalue weighted by Gasteiger charge is 2.09. The van der Waals surface area contributed by atoms with E-state index in [9.17, 15) is 4.79 Å². The number of aryl methyl sites for hydroxylation is 1. The molecule has 2 amide bonds. The molecule has 0 saturated carbocycles. The zero-order valence-corrected chi connectivity index (χ0v) is 15.1. The second-order valence-corrected chi connectivity index (χ2v) is 6.53. The van der Waals surface area contributed by atoms with Crippen LogP contribution < -0.4 is 10.6 Å². The van der Waals surface area contributed by atoms with Gasteiger partial charge in [0.15, 0.2) is 5.65 Å². The quantitative estimate of drug-likeness (QED) is 0.656. The summed E-state index contributed by atoms with van der Waals surface area (Å²) in [6.07, 6.45) is 4.88. The third-order valence-electron chi connectivity index (χ3n) is 3.55. The van der Waals surface area contributed by atoms with E-state index in [4.69, 9.17) is 0 Å². The zero-order valence-electron chi connectivity index (χ0n) is 14.2. The average molecular weight is 356 g/mol. The van der Waals surface area contributed by atoms with Crippen molar-refractivity contribution in [3.63, 3.8) is 0 Å². The van der Waals surface area contributed by atoms with E-state index >= 15 is 0 Å². The van der Waals surface area contributed by atoms with Gasteiger partial charge in [0.2, 0.25) is 0 Å². The lowest BCUT2D eigenvalue weighted by Gasteiger charge is -2.07. The summed E-state index contributed by atoms with van der Waals surface area (Å²) in [5, 5.41) is 8.33. The summed E-state index contributed by atoms with van der Waals surface area (Å²) in [5.41, 5.74) is 2.78. The van der Waals surface area contributed by atoms with Gasteiger partial charge < -0.3 is 5.32 Å². The molecule has 2 N–H and O–H groups in total. The third-order valence-corrected chi connectivity index (χ3v) is 4.54. The molecule has 0 aliphatic heterocycles. The number of hydrogen-bond donors (Lipinski definition) is 2. The number of unbranched alkanes of at least 4 members (excludes halogenated alkanes) is 2. The number of carbonyl (C=O) groups is 1. The lowest BCUT2D eigenvalue weighted by Crippen LogP contribution is -2.29. The van der Waals surface area contributed by atoms with Crippen LogP contribution in [0, 0.1) is 6.92 Å². The maximum atomic E-state index is 11.9. The lowest BCUT2D eigenvalue weighted by molar-refractivity contribution is 0.252. The zero-order chi connectivity index (χ0) is 17.6. The number of pyridine rings is 1. The Morgan fingerprint density at radius 1 is 1.20 bits per heavy atom. The first kappa shape index (κ1) is 17.2. The summed E-state index contributed by atoms with van der Waals surface area (Å²) in [5.74, 6) is 0.447. The molecule has 0 aromatic carbocycles. The van der Waals surface area contributed by atoms with Crippen molar-refractivity contribution in [3.05, 3.63) is 29.4 Å². The number of thiazole rings is 1. The largest absolute Gasteiger partial charge is 0.338 e. The second kappa shape index (κ2) is 7.98. The van der Waals surface area contributed by atoms with E-state index in [-0.39, 0.29) is 6.03 Å². The highest BCUT2D eigenvalue weighted by atomic mass is 32.1. The van der Waals surface area contributed by atoms with Crippen LogP contribution in [0.15, 0.2) is 23.7 Å². The molecule has 25 heavy (non-hydrogen) atoms. The number of amides is 2. The fourth-order valence-corrected chi connectivity index (χ4v) is 3.03. The Morgan fingerprint density at radius 2 is 2.08 bits per heavy atom. The molecule has 3 aromatic heterocycles. The van der Waals surface area contributed by atoms with E-state index in [1.165, 1.54) is 11.3 Å². The fourth-order valence-electron chi connectivity index (χ4n) is 2.28. The maximum absolute atomic E-state index is 11.9. The van der Waals surface area contributed by atoms with Crippen molar-refractivity contribution in [2.45, 2.75) is 33.1 Å². The van der Waals surface area contributed by atoms with Crippen LogP contribution in [-0.4, -0.2) is 32.5 Å². The minimum Gasteiger partial charge on any atom is -0.338 e. The number of nitrogens with one attached hydrogen (secondary N) is 2. The average Bonchev–Trinajstić information content (AvgIpc) is 3.04. The van der Waals surface area contributed by atoms with Crippen LogP contribution in [0.2, 0.25) is 0 Å². The van der Waals surface area contributed by atoms with Gasteiger partial charge in [-0.25, -0.2) is 19.7 Å². The van der Waals surface area contributed by atoms with Crippen molar-refractivity contribution in [1.82, 2.24) is 25.3 Å². The molecule has 3 heterocycles. The number of fused-ring (bicyclic) bond motifs is 1. The van der Waals surface area contributed by atoms with Gasteiger partial charge in [0.1, 0.15) is 22.0 Å². The number of rotatable bonds is 6. The maximum Gasteiger partial charge on any atom is 0.320 e. The number of aromatic nitrogens is 4. The van der Waals surface area contributed by atoms with Gasteiger partial charge in [-0.05, 0) is 25.5 Å². The molecular weight excluding hydrogens is 336 g/mol. The highest BCUT2D eigenvalue weighted by molar-refractivity contribution is 7.13. The Labute approximate surface area is 150 Å². The van der Waals surface area contributed by atoms with Crippen LogP contribution >= 0.6 is 11.3 Å². The van der Waals surface area contributed by atoms with E-state index in [0.29, 0.717) is 29.2 Å². The Hall–Kier alpha value is -2.61. The van der Waals surface area contributed by atoms with Crippen LogP contribution in [0.4, 0.5) is 10.6 Å². The lowest BCUT2D eigenvalue weighted by atomic mass is 10.2. The van der Waals surface area contributed by atoms with E-state index in [2.05, 4.69) is 37.5 Å². The second-order valence-electron chi connectivity index (χ2n) is 5.68. The monoisotopic (exact) mass is 356 g/mol. The Bertz CT molecular complexity index is 878. The molecule has 0 unspecified atom stereocenters. The van der Waals surface area contributed by atoms with Crippen LogP contribution in [0.1, 0.15) is 31.9 Å². The van der Waals surface area contributed by atoms with E-state index < -0.39 is 0 Å². The summed E-state index contributed by atoms with van der Waals surface area (Å²) in [6.45, 7) is 4.72. The first-order chi connectivity index (χ1) is 12.2. The van der Waals surface area contributed by atoms with E-state index in [1.54, 1.807) is 18.3 Å². The summed E-state index contributed by atoms with van der Waals surface area (Å²) >= 11 is 1.52. The van der Waals surface area contributed by atoms with Gasteiger partial charge in [-0.3, -0.25) is 10.3 Å². The predicted molar refractivity (Wildman–Crippen MR) is 99.7 cm³/mol. The van der Waals surface area contributed by atoms with E-state index in [0.717, 1.165) is 30.0 Å². The van der Waals surface area contributed by atoms with Crippen molar-refractivity contribution in [2.24, 2.45) is 0 Å². The van der Waals surface area contributed by atoms with Crippen molar-refractivity contribution in [2.75, 3.05) is 11.9 Å². The molecule has 3 rings (SSSR count). The molecule has 130 valence electrons. The fraction of sp³-hybridized carbons (Fsp3) is 0.353. The molecule has 0 radical (unpaired) electrons. The van der Waals surface area contributed by atoms with Crippen LogP contribution in [0.5, 0.6) is 0 Å². The van der Waals surface area contributed by atoms with Crippen molar-refractivity contribution in [1.29, 1.82) is 0 Å². The van der Waals surface area contributed by atoms with Crippen LogP contribution in [0.25, 0.3) is 21.9 Å². The van der Waals surface area contributed by atoms with Gasteiger partial charge >= 0.3 is 6.03 Å². The topological polar surface area (TPSA) is 92.7 Å². The minimum absolute atomic E-state index is 0.261. The first-order valence-corrected chi connectivity index (χ1v) is 9.15. The molecule has 0 bridgehead atoms.